The number of hydrogen-bond acceptors (Lipinski definition) is 4. The topological polar surface area (TPSA) is 68.8 Å². The predicted octanol–water partition coefficient (Wildman–Crippen LogP) is 6.43. The van der Waals surface area contributed by atoms with Crippen LogP contribution in [0, 0.1) is 22.7 Å². The fourth-order valence-electron chi connectivity index (χ4n) is 2.83. The SMILES string of the molecule is N#CC(C#N)=CNc1cc(C(F)(F)F)ccc1Oc1ccccc1Cc1ccccc1. The summed E-state index contributed by atoms with van der Waals surface area (Å²) in [5.41, 5.74) is 0.716. The molecule has 0 atom stereocenters. The minimum atomic E-state index is -4.56. The van der Waals surface area contributed by atoms with Crippen LogP contribution in [0.25, 0.3) is 0 Å². The van der Waals surface area contributed by atoms with Crippen LogP contribution in [0.2, 0.25) is 0 Å². The van der Waals surface area contributed by atoms with E-state index in [2.05, 4.69) is 5.32 Å². The Morgan fingerprint density at radius 2 is 1.58 bits per heavy atom. The van der Waals surface area contributed by atoms with Gasteiger partial charge in [0.15, 0.2) is 5.75 Å². The van der Waals surface area contributed by atoms with Gasteiger partial charge in [-0.3, -0.25) is 0 Å². The Morgan fingerprint density at radius 3 is 2.26 bits per heavy atom. The summed E-state index contributed by atoms with van der Waals surface area (Å²) in [4.78, 5) is 0. The number of nitriles is 2. The summed E-state index contributed by atoms with van der Waals surface area (Å²) in [7, 11) is 0. The molecule has 3 rings (SSSR count). The molecule has 0 aliphatic heterocycles. The van der Waals surface area contributed by atoms with Crippen molar-refractivity contribution < 1.29 is 17.9 Å². The normalized spacial score (nSPS) is 10.5. The van der Waals surface area contributed by atoms with Crippen molar-refractivity contribution >= 4 is 5.69 Å². The zero-order valence-corrected chi connectivity index (χ0v) is 16.1. The first-order valence-electron chi connectivity index (χ1n) is 9.18. The molecule has 31 heavy (non-hydrogen) atoms. The van der Waals surface area contributed by atoms with Crippen LogP contribution in [-0.4, -0.2) is 0 Å². The predicted molar refractivity (Wildman–Crippen MR) is 110 cm³/mol. The quantitative estimate of drug-likeness (QED) is 0.468. The minimum Gasteiger partial charge on any atom is -0.455 e. The van der Waals surface area contributed by atoms with Crippen molar-refractivity contribution in [2.24, 2.45) is 0 Å². The van der Waals surface area contributed by atoms with Gasteiger partial charge in [0.25, 0.3) is 0 Å². The van der Waals surface area contributed by atoms with E-state index in [0.717, 1.165) is 29.5 Å². The molecule has 0 aromatic heterocycles. The first-order chi connectivity index (χ1) is 14.9. The third kappa shape index (κ3) is 5.65. The summed E-state index contributed by atoms with van der Waals surface area (Å²) in [5, 5.41) is 20.3. The lowest BCUT2D eigenvalue weighted by Gasteiger charge is -2.16. The van der Waals surface area contributed by atoms with Crippen molar-refractivity contribution in [1.29, 1.82) is 10.5 Å². The third-order valence-corrected chi connectivity index (χ3v) is 4.35. The Morgan fingerprint density at radius 1 is 0.903 bits per heavy atom. The average Bonchev–Trinajstić information content (AvgIpc) is 2.76. The number of alkyl halides is 3. The van der Waals surface area contributed by atoms with Crippen LogP contribution in [0.15, 0.2) is 84.6 Å². The summed E-state index contributed by atoms with van der Waals surface area (Å²) in [6, 6.07) is 23.2. The molecule has 0 aliphatic carbocycles. The van der Waals surface area contributed by atoms with Crippen LogP contribution < -0.4 is 10.1 Å². The maximum absolute atomic E-state index is 13.2. The molecule has 3 aromatic rings. The second kappa shape index (κ2) is 9.51. The number of anilines is 1. The highest BCUT2D eigenvalue weighted by Gasteiger charge is 2.31. The number of para-hydroxylation sites is 1. The van der Waals surface area contributed by atoms with Crippen molar-refractivity contribution in [2.45, 2.75) is 12.6 Å². The van der Waals surface area contributed by atoms with Crippen molar-refractivity contribution in [2.75, 3.05) is 5.32 Å². The first-order valence-corrected chi connectivity index (χ1v) is 9.18. The number of hydrogen-bond donors (Lipinski definition) is 1. The molecule has 1 N–H and O–H groups in total. The monoisotopic (exact) mass is 419 g/mol. The van der Waals surface area contributed by atoms with Gasteiger partial charge in [-0.25, -0.2) is 0 Å². The van der Waals surface area contributed by atoms with E-state index in [4.69, 9.17) is 15.3 Å². The number of halogens is 3. The fraction of sp³-hybridized carbons (Fsp3) is 0.0833. The molecule has 0 saturated heterocycles. The van der Waals surface area contributed by atoms with Crippen molar-refractivity contribution in [3.8, 4) is 23.6 Å². The molecule has 0 bridgehead atoms. The molecule has 3 aromatic carbocycles. The Hall–Kier alpha value is -4.23. The van der Waals surface area contributed by atoms with Gasteiger partial charge in [-0.15, -0.1) is 0 Å². The Kier molecular flexibility index (Phi) is 6.59. The third-order valence-electron chi connectivity index (χ3n) is 4.35. The molecule has 7 heteroatoms. The molecule has 4 nitrogen and oxygen atoms in total. The fourth-order valence-corrected chi connectivity index (χ4v) is 2.83. The van der Waals surface area contributed by atoms with Crippen LogP contribution in [0.4, 0.5) is 18.9 Å². The zero-order chi connectivity index (χ0) is 22.3. The highest BCUT2D eigenvalue weighted by Crippen LogP contribution is 2.38. The number of ether oxygens (including phenoxy) is 1. The van der Waals surface area contributed by atoms with Gasteiger partial charge in [-0.2, -0.15) is 23.7 Å². The number of nitrogens with one attached hydrogen (secondary N) is 1. The zero-order valence-electron chi connectivity index (χ0n) is 16.1. The summed E-state index contributed by atoms with van der Waals surface area (Å²) in [6.07, 6.45) is -2.94. The van der Waals surface area contributed by atoms with E-state index in [1.807, 2.05) is 42.5 Å². The van der Waals surface area contributed by atoms with Gasteiger partial charge in [-0.1, -0.05) is 48.5 Å². The smallest absolute Gasteiger partial charge is 0.416 e. The van der Waals surface area contributed by atoms with Crippen LogP contribution in [0.5, 0.6) is 11.5 Å². The van der Waals surface area contributed by atoms with E-state index in [9.17, 15) is 13.2 Å². The highest BCUT2D eigenvalue weighted by atomic mass is 19.4. The lowest BCUT2D eigenvalue weighted by molar-refractivity contribution is -0.137. The van der Waals surface area contributed by atoms with Crippen LogP contribution >= 0.6 is 0 Å². The Bertz CT molecular complexity index is 1160. The van der Waals surface area contributed by atoms with Gasteiger partial charge < -0.3 is 10.1 Å². The second-order valence-electron chi connectivity index (χ2n) is 6.51. The highest BCUT2D eigenvalue weighted by molar-refractivity contribution is 5.62. The molecule has 0 heterocycles. The number of allylic oxidation sites excluding steroid dienone is 1. The minimum absolute atomic E-state index is 0.0210. The standard InChI is InChI=1S/C24H16F3N3O/c25-24(26,27)20-10-11-23(21(13-20)30-16-18(14-28)15-29)31-22-9-5-4-8-19(22)12-17-6-2-1-3-7-17/h1-11,13,16,30H,12H2. The summed E-state index contributed by atoms with van der Waals surface area (Å²) < 4.78 is 45.5. The van der Waals surface area contributed by atoms with Gasteiger partial charge in [0, 0.05) is 12.6 Å². The van der Waals surface area contributed by atoms with Crippen molar-refractivity contribution in [1.82, 2.24) is 0 Å². The van der Waals surface area contributed by atoms with Gasteiger partial charge in [0.1, 0.15) is 23.5 Å². The molecule has 0 unspecified atom stereocenters. The van der Waals surface area contributed by atoms with Crippen LogP contribution in [0.1, 0.15) is 16.7 Å². The molecular weight excluding hydrogens is 403 g/mol. The lowest BCUT2D eigenvalue weighted by Crippen LogP contribution is -2.06. The molecular formula is C24H16F3N3O. The Balaban J connectivity index is 1.97. The van der Waals surface area contributed by atoms with Gasteiger partial charge in [-0.05, 0) is 35.4 Å². The number of benzene rings is 3. The molecule has 0 spiro atoms. The van der Waals surface area contributed by atoms with Crippen LogP contribution in [0.3, 0.4) is 0 Å². The van der Waals surface area contributed by atoms with E-state index >= 15 is 0 Å². The molecule has 154 valence electrons. The number of rotatable bonds is 6. The van der Waals surface area contributed by atoms with E-state index in [1.165, 1.54) is 6.07 Å². The summed E-state index contributed by atoms with van der Waals surface area (Å²) in [6.45, 7) is 0. The maximum atomic E-state index is 13.2. The lowest BCUT2D eigenvalue weighted by atomic mass is 10.0. The summed E-state index contributed by atoms with van der Waals surface area (Å²) >= 11 is 0. The van der Waals surface area contributed by atoms with E-state index in [0.29, 0.717) is 12.2 Å². The molecule has 0 amide bonds. The van der Waals surface area contributed by atoms with E-state index < -0.39 is 11.7 Å². The maximum Gasteiger partial charge on any atom is 0.416 e. The molecule has 0 aliphatic rings. The molecule has 0 radical (unpaired) electrons. The van der Waals surface area contributed by atoms with E-state index in [-0.39, 0.29) is 17.0 Å². The first kappa shape index (κ1) is 21.5. The van der Waals surface area contributed by atoms with Gasteiger partial charge in [0.2, 0.25) is 0 Å². The Labute approximate surface area is 177 Å². The van der Waals surface area contributed by atoms with Crippen molar-refractivity contribution in [3.05, 3.63) is 101 Å². The summed E-state index contributed by atoms with van der Waals surface area (Å²) in [5.74, 6) is 0.610. The molecule has 0 fully saturated rings. The van der Waals surface area contributed by atoms with Gasteiger partial charge in [0.05, 0.1) is 11.3 Å². The largest absolute Gasteiger partial charge is 0.455 e. The number of nitrogens with zero attached hydrogens (tertiary/aromatic N) is 2. The van der Waals surface area contributed by atoms with Gasteiger partial charge >= 0.3 is 6.18 Å². The van der Waals surface area contributed by atoms with E-state index in [1.54, 1.807) is 24.3 Å². The molecule has 0 saturated carbocycles. The average molecular weight is 419 g/mol. The second-order valence-corrected chi connectivity index (χ2v) is 6.51. The van der Waals surface area contributed by atoms with Crippen LogP contribution in [-0.2, 0) is 12.6 Å². The van der Waals surface area contributed by atoms with Crippen molar-refractivity contribution in [3.63, 3.8) is 0 Å².